The summed E-state index contributed by atoms with van der Waals surface area (Å²) in [5.41, 5.74) is 2.15. The summed E-state index contributed by atoms with van der Waals surface area (Å²) in [7, 11) is 0. The van der Waals surface area contributed by atoms with Crippen LogP contribution in [0.2, 0.25) is 0 Å². The van der Waals surface area contributed by atoms with Gasteiger partial charge in [-0.15, -0.1) is 0 Å². The van der Waals surface area contributed by atoms with Crippen molar-refractivity contribution in [1.82, 2.24) is 5.32 Å². The summed E-state index contributed by atoms with van der Waals surface area (Å²) >= 11 is 0. The minimum Gasteiger partial charge on any atom is -0.325 e. The van der Waals surface area contributed by atoms with Crippen molar-refractivity contribution >= 4 is 11.6 Å². The Morgan fingerprint density at radius 1 is 1.47 bits per heavy atom. The second-order valence-corrected chi connectivity index (χ2v) is 4.55. The van der Waals surface area contributed by atoms with E-state index in [1.165, 1.54) is 12.0 Å². The van der Waals surface area contributed by atoms with Crippen molar-refractivity contribution < 1.29 is 4.79 Å². The Morgan fingerprint density at radius 2 is 2.35 bits per heavy atom. The molecule has 3 nitrogen and oxygen atoms in total. The average molecular weight is 232 g/mol. The smallest absolute Gasteiger partial charge is 0.241 e. The van der Waals surface area contributed by atoms with Gasteiger partial charge in [0, 0.05) is 5.69 Å². The molecule has 1 amide bonds. The molecule has 0 aliphatic carbocycles. The van der Waals surface area contributed by atoms with Gasteiger partial charge in [0.25, 0.3) is 0 Å². The molecule has 1 atom stereocenters. The number of hydrogen-bond acceptors (Lipinski definition) is 2. The van der Waals surface area contributed by atoms with Gasteiger partial charge in [-0.25, -0.2) is 0 Å². The molecule has 0 aromatic heterocycles. The molecule has 1 aliphatic rings. The molecular formula is C14H20N2O. The fourth-order valence-electron chi connectivity index (χ4n) is 2.17. The molecule has 0 radical (unpaired) electrons. The number of carbonyl (C=O) groups is 1. The highest BCUT2D eigenvalue weighted by atomic mass is 16.2. The van der Waals surface area contributed by atoms with Crippen LogP contribution in [-0.4, -0.2) is 18.5 Å². The van der Waals surface area contributed by atoms with Crippen LogP contribution in [0.15, 0.2) is 24.3 Å². The summed E-state index contributed by atoms with van der Waals surface area (Å²) in [6, 6.07) is 8.03. The number of hydrogen-bond donors (Lipinski definition) is 2. The van der Waals surface area contributed by atoms with Crippen molar-refractivity contribution in [3.05, 3.63) is 29.8 Å². The van der Waals surface area contributed by atoms with Crippen LogP contribution in [0.1, 0.15) is 31.7 Å². The van der Waals surface area contributed by atoms with Gasteiger partial charge in [0.15, 0.2) is 0 Å². The van der Waals surface area contributed by atoms with Crippen LogP contribution in [-0.2, 0) is 11.2 Å². The Hall–Kier alpha value is -1.35. The first kappa shape index (κ1) is 12.1. The van der Waals surface area contributed by atoms with Crippen molar-refractivity contribution in [1.29, 1.82) is 0 Å². The Kier molecular flexibility index (Phi) is 4.15. The van der Waals surface area contributed by atoms with E-state index in [0.29, 0.717) is 0 Å². The highest BCUT2D eigenvalue weighted by molar-refractivity contribution is 5.94. The fourth-order valence-corrected chi connectivity index (χ4v) is 2.17. The van der Waals surface area contributed by atoms with Crippen LogP contribution in [0, 0.1) is 0 Å². The molecule has 1 heterocycles. The monoisotopic (exact) mass is 232 g/mol. The van der Waals surface area contributed by atoms with Gasteiger partial charge < -0.3 is 10.6 Å². The minimum atomic E-state index is -0.0194. The maximum Gasteiger partial charge on any atom is 0.241 e. The topological polar surface area (TPSA) is 41.1 Å². The van der Waals surface area contributed by atoms with Crippen molar-refractivity contribution in [2.24, 2.45) is 0 Å². The molecular weight excluding hydrogens is 212 g/mol. The normalized spacial score (nSPS) is 19.9. The summed E-state index contributed by atoms with van der Waals surface area (Å²) in [4.78, 5) is 12.0. The van der Waals surface area contributed by atoms with Crippen LogP contribution in [0.4, 0.5) is 5.69 Å². The molecule has 0 unspecified atom stereocenters. The number of benzene rings is 1. The van der Waals surface area contributed by atoms with Gasteiger partial charge >= 0.3 is 0 Å². The van der Waals surface area contributed by atoms with Gasteiger partial charge in [-0.2, -0.15) is 0 Å². The van der Waals surface area contributed by atoms with Crippen LogP contribution < -0.4 is 10.6 Å². The van der Waals surface area contributed by atoms with Gasteiger partial charge in [-0.05, 0) is 43.5 Å². The highest BCUT2D eigenvalue weighted by Crippen LogP contribution is 2.13. The van der Waals surface area contributed by atoms with Crippen molar-refractivity contribution in [2.75, 3.05) is 11.9 Å². The molecule has 1 fully saturated rings. The van der Waals surface area contributed by atoms with Crippen LogP contribution in [0.5, 0.6) is 0 Å². The molecule has 0 saturated carbocycles. The lowest BCUT2D eigenvalue weighted by Gasteiger charge is -2.22. The number of anilines is 1. The first-order chi connectivity index (χ1) is 8.29. The molecule has 1 aliphatic heterocycles. The third-order valence-electron chi connectivity index (χ3n) is 3.23. The van der Waals surface area contributed by atoms with Crippen molar-refractivity contribution in [3.63, 3.8) is 0 Å². The lowest BCUT2D eigenvalue weighted by Crippen LogP contribution is -2.43. The quantitative estimate of drug-likeness (QED) is 0.839. The summed E-state index contributed by atoms with van der Waals surface area (Å²) in [5.74, 6) is 0.0953. The molecule has 0 bridgehead atoms. The zero-order chi connectivity index (χ0) is 12.1. The van der Waals surface area contributed by atoms with Gasteiger partial charge in [-0.1, -0.05) is 25.5 Å². The third-order valence-corrected chi connectivity index (χ3v) is 3.23. The minimum absolute atomic E-state index is 0.0194. The standard InChI is InChI=1S/C14H20N2O/c1-2-11-6-5-7-12(10-11)16-14(17)13-8-3-4-9-15-13/h5-7,10,13,15H,2-4,8-9H2,1H3,(H,16,17)/t13-/m0/s1. The molecule has 92 valence electrons. The van der Waals surface area contributed by atoms with Crippen LogP contribution in [0.3, 0.4) is 0 Å². The predicted octanol–water partition coefficient (Wildman–Crippen LogP) is 2.33. The Labute approximate surface area is 103 Å². The highest BCUT2D eigenvalue weighted by Gasteiger charge is 2.20. The predicted molar refractivity (Wildman–Crippen MR) is 70.1 cm³/mol. The van der Waals surface area contributed by atoms with E-state index in [2.05, 4.69) is 23.6 Å². The van der Waals surface area contributed by atoms with E-state index < -0.39 is 0 Å². The maximum absolute atomic E-state index is 12.0. The second-order valence-electron chi connectivity index (χ2n) is 4.55. The van der Waals surface area contributed by atoms with Crippen LogP contribution in [0.25, 0.3) is 0 Å². The third kappa shape index (κ3) is 3.30. The zero-order valence-electron chi connectivity index (χ0n) is 10.3. The molecule has 3 heteroatoms. The van der Waals surface area contributed by atoms with Gasteiger partial charge in [-0.3, -0.25) is 4.79 Å². The van der Waals surface area contributed by atoms with E-state index in [4.69, 9.17) is 0 Å². The van der Waals surface area contributed by atoms with E-state index >= 15 is 0 Å². The first-order valence-electron chi connectivity index (χ1n) is 6.43. The molecule has 2 rings (SSSR count). The molecule has 0 spiro atoms. The van der Waals surface area contributed by atoms with E-state index in [1.807, 2.05) is 18.2 Å². The molecule has 2 N–H and O–H groups in total. The van der Waals surface area contributed by atoms with E-state index in [0.717, 1.165) is 31.5 Å². The largest absolute Gasteiger partial charge is 0.325 e. The lowest BCUT2D eigenvalue weighted by atomic mass is 10.0. The Bertz CT molecular complexity index is 384. The first-order valence-corrected chi connectivity index (χ1v) is 6.43. The van der Waals surface area contributed by atoms with Gasteiger partial charge in [0.05, 0.1) is 6.04 Å². The lowest BCUT2D eigenvalue weighted by molar-refractivity contribution is -0.118. The molecule has 1 saturated heterocycles. The number of rotatable bonds is 3. The molecule has 17 heavy (non-hydrogen) atoms. The van der Waals surface area contributed by atoms with Gasteiger partial charge in [0.1, 0.15) is 0 Å². The molecule has 1 aromatic carbocycles. The summed E-state index contributed by atoms with van der Waals surface area (Å²) in [5, 5.41) is 6.24. The zero-order valence-corrected chi connectivity index (χ0v) is 10.3. The SMILES string of the molecule is CCc1cccc(NC(=O)[C@@H]2CCCCN2)c1. The van der Waals surface area contributed by atoms with E-state index in [-0.39, 0.29) is 11.9 Å². The summed E-state index contributed by atoms with van der Waals surface area (Å²) in [6.07, 6.45) is 4.25. The van der Waals surface area contributed by atoms with E-state index in [1.54, 1.807) is 0 Å². The summed E-state index contributed by atoms with van der Waals surface area (Å²) in [6.45, 7) is 3.07. The average Bonchev–Trinajstić information content (AvgIpc) is 2.40. The fraction of sp³-hybridized carbons (Fsp3) is 0.500. The number of carbonyl (C=O) groups excluding carboxylic acids is 1. The summed E-state index contributed by atoms with van der Waals surface area (Å²) < 4.78 is 0. The van der Waals surface area contributed by atoms with E-state index in [9.17, 15) is 4.79 Å². The number of nitrogens with one attached hydrogen (secondary N) is 2. The number of amides is 1. The van der Waals surface area contributed by atoms with Crippen molar-refractivity contribution in [3.8, 4) is 0 Å². The number of piperidine rings is 1. The number of aryl methyl sites for hydroxylation is 1. The molecule has 1 aromatic rings. The Morgan fingerprint density at radius 3 is 3.06 bits per heavy atom. The van der Waals surface area contributed by atoms with Gasteiger partial charge in [0.2, 0.25) is 5.91 Å². The van der Waals surface area contributed by atoms with Crippen LogP contribution >= 0.6 is 0 Å². The second kappa shape index (κ2) is 5.82. The maximum atomic E-state index is 12.0. The Balaban J connectivity index is 1.96. The van der Waals surface area contributed by atoms with Crippen molar-refractivity contribution in [2.45, 2.75) is 38.6 Å².